The maximum atomic E-state index is 10.3. The van der Waals surface area contributed by atoms with Crippen LogP contribution in [-0.2, 0) is 14.2 Å². The summed E-state index contributed by atoms with van der Waals surface area (Å²) in [5, 5.41) is 8.70. The van der Waals surface area contributed by atoms with Gasteiger partial charge in [-0.15, -0.1) is 0 Å². The molecule has 2 aliphatic rings. The van der Waals surface area contributed by atoms with E-state index in [1.807, 2.05) is 0 Å². The molecule has 0 bridgehead atoms. The Balaban J connectivity index is 1.90. The molecule has 10 heavy (non-hydrogen) atoms. The molecule has 3 atom stereocenters. The van der Waals surface area contributed by atoms with Crippen LogP contribution in [0, 0.1) is 0 Å². The van der Waals surface area contributed by atoms with E-state index in [1.165, 1.54) is 0 Å². The Bertz CT molecular complexity index is 167. The molecule has 0 saturated carbocycles. The number of aliphatic hydroxyl groups excluding tert-OH is 1. The van der Waals surface area contributed by atoms with Crippen molar-refractivity contribution in [3.05, 3.63) is 0 Å². The van der Waals surface area contributed by atoms with Crippen molar-refractivity contribution in [1.82, 2.24) is 0 Å². The van der Waals surface area contributed by atoms with E-state index >= 15 is 0 Å². The average molecular weight is 146 g/mol. The Labute approximate surface area is 56.5 Å². The molecular formula is C5H6O5. The van der Waals surface area contributed by atoms with Crippen molar-refractivity contribution in [2.24, 2.45) is 0 Å². The summed E-state index contributed by atoms with van der Waals surface area (Å²) in [5.41, 5.74) is 0. The Morgan fingerprint density at radius 2 is 2.30 bits per heavy atom. The molecule has 0 amide bonds. The van der Waals surface area contributed by atoms with Crippen LogP contribution in [0.5, 0.6) is 0 Å². The maximum Gasteiger partial charge on any atom is 0.508 e. The van der Waals surface area contributed by atoms with Crippen LogP contribution in [-0.4, -0.2) is 36.4 Å². The quantitative estimate of drug-likeness (QED) is 0.389. The van der Waals surface area contributed by atoms with Gasteiger partial charge in [0.25, 0.3) is 0 Å². The molecule has 0 aromatic carbocycles. The first-order valence-electron chi connectivity index (χ1n) is 2.94. The highest BCUT2D eigenvalue weighted by atomic mass is 16.8. The minimum Gasteiger partial charge on any atom is -0.430 e. The van der Waals surface area contributed by atoms with Crippen molar-refractivity contribution < 1.29 is 24.1 Å². The van der Waals surface area contributed by atoms with Crippen LogP contribution in [0.2, 0.25) is 0 Å². The molecule has 2 saturated heterocycles. The van der Waals surface area contributed by atoms with Gasteiger partial charge in [0.2, 0.25) is 0 Å². The van der Waals surface area contributed by atoms with E-state index in [9.17, 15) is 4.79 Å². The van der Waals surface area contributed by atoms with Crippen LogP contribution in [0.15, 0.2) is 0 Å². The Morgan fingerprint density at radius 1 is 1.60 bits per heavy atom. The molecule has 2 aliphatic heterocycles. The number of cyclic esters (lactones) is 2. The molecule has 0 aliphatic carbocycles. The van der Waals surface area contributed by atoms with E-state index in [1.54, 1.807) is 0 Å². The molecule has 0 aromatic rings. The van der Waals surface area contributed by atoms with Crippen LogP contribution in [0.3, 0.4) is 0 Å². The van der Waals surface area contributed by atoms with Gasteiger partial charge in [-0.05, 0) is 0 Å². The first-order chi connectivity index (χ1) is 4.77. The zero-order chi connectivity index (χ0) is 7.14. The lowest BCUT2D eigenvalue weighted by Gasteiger charge is -1.97. The topological polar surface area (TPSA) is 68.3 Å². The van der Waals surface area contributed by atoms with Gasteiger partial charge in [-0.3, -0.25) is 0 Å². The van der Waals surface area contributed by atoms with E-state index in [0.29, 0.717) is 0 Å². The average Bonchev–Trinajstić information content (AvgIpc) is 2.42. The molecule has 5 nitrogen and oxygen atoms in total. The third-order valence-corrected chi connectivity index (χ3v) is 1.48. The fraction of sp³-hybridized carbons (Fsp3) is 0.800. The lowest BCUT2D eigenvalue weighted by molar-refractivity contribution is 0.109. The molecule has 2 rings (SSSR count). The normalized spacial score (nSPS) is 44.5. The molecule has 2 heterocycles. The van der Waals surface area contributed by atoms with Crippen LogP contribution in [0.1, 0.15) is 0 Å². The summed E-state index contributed by atoms with van der Waals surface area (Å²) < 4.78 is 13.7. The highest BCUT2D eigenvalue weighted by Crippen LogP contribution is 2.27. The second-order valence-electron chi connectivity index (χ2n) is 2.21. The molecule has 0 spiro atoms. The summed E-state index contributed by atoms with van der Waals surface area (Å²) in [6.45, 7) is 0.181. The van der Waals surface area contributed by atoms with E-state index in [-0.39, 0.29) is 12.7 Å². The van der Waals surface area contributed by atoms with Crippen LogP contribution < -0.4 is 0 Å². The zero-order valence-electron chi connectivity index (χ0n) is 5.02. The highest BCUT2D eigenvalue weighted by molar-refractivity contribution is 5.62. The fourth-order valence-corrected chi connectivity index (χ4v) is 0.891. The number of rotatable bonds is 1. The molecule has 5 heteroatoms. The number of ether oxygens (including phenoxy) is 3. The lowest BCUT2D eigenvalue weighted by Crippen LogP contribution is -2.19. The Kier molecular flexibility index (Phi) is 1.09. The number of hydrogen-bond donors (Lipinski definition) is 1. The maximum absolute atomic E-state index is 10.3. The molecular weight excluding hydrogens is 140 g/mol. The van der Waals surface area contributed by atoms with Gasteiger partial charge in [-0.1, -0.05) is 0 Å². The zero-order valence-corrected chi connectivity index (χ0v) is 5.02. The summed E-state index contributed by atoms with van der Waals surface area (Å²) in [5.74, 6) is 0. The SMILES string of the molecule is O=C1OCC(C2OC2O)O1. The van der Waals surface area contributed by atoms with Crippen molar-refractivity contribution in [2.75, 3.05) is 6.61 Å². The van der Waals surface area contributed by atoms with E-state index in [4.69, 9.17) is 5.11 Å². The van der Waals surface area contributed by atoms with E-state index in [0.717, 1.165) is 0 Å². The van der Waals surface area contributed by atoms with Gasteiger partial charge in [-0.25, -0.2) is 4.79 Å². The Hall–Kier alpha value is -0.810. The smallest absolute Gasteiger partial charge is 0.430 e. The van der Waals surface area contributed by atoms with Gasteiger partial charge in [0.05, 0.1) is 0 Å². The number of carbonyl (C=O) groups excluding carboxylic acids is 1. The van der Waals surface area contributed by atoms with Crippen LogP contribution in [0.25, 0.3) is 0 Å². The summed E-state index contributed by atoms with van der Waals surface area (Å²) >= 11 is 0. The third kappa shape index (κ3) is 0.833. The largest absolute Gasteiger partial charge is 0.508 e. The summed E-state index contributed by atoms with van der Waals surface area (Å²) in [4.78, 5) is 10.3. The van der Waals surface area contributed by atoms with Gasteiger partial charge in [-0.2, -0.15) is 0 Å². The Morgan fingerprint density at radius 3 is 2.70 bits per heavy atom. The van der Waals surface area contributed by atoms with Crippen molar-refractivity contribution >= 4 is 6.16 Å². The van der Waals surface area contributed by atoms with Crippen molar-refractivity contribution in [2.45, 2.75) is 18.5 Å². The van der Waals surface area contributed by atoms with Gasteiger partial charge in [0, 0.05) is 0 Å². The first-order valence-corrected chi connectivity index (χ1v) is 2.94. The molecule has 1 N–H and O–H groups in total. The van der Waals surface area contributed by atoms with Crippen LogP contribution >= 0.6 is 0 Å². The van der Waals surface area contributed by atoms with E-state index < -0.39 is 18.5 Å². The van der Waals surface area contributed by atoms with Crippen molar-refractivity contribution in [1.29, 1.82) is 0 Å². The van der Waals surface area contributed by atoms with Gasteiger partial charge in [0.1, 0.15) is 6.61 Å². The third-order valence-electron chi connectivity index (χ3n) is 1.48. The van der Waals surface area contributed by atoms with Gasteiger partial charge in [0.15, 0.2) is 18.5 Å². The summed E-state index contributed by atoms with van der Waals surface area (Å²) in [6.07, 6.45) is -2.25. The first kappa shape index (κ1) is 5.94. The standard InChI is InChI=1S/C5H6O5/c6-4-3(10-4)2-1-8-5(7)9-2/h2-4,6H,1H2. The minimum atomic E-state index is -0.778. The molecule has 0 aromatic heterocycles. The predicted molar refractivity (Wildman–Crippen MR) is 27.1 cm³/mol. The summed E-state index contributed by atoms with van der Waals surface area (Å²) in [6, 6.07) is 0. The monoisotopic (exact) mass is 146 g/mol. The van der Waals surface area contributed by atoms with E-state index in [2.05, 4.69) is 14.2 Å². The predicted octanol–water partition coefficient (Wildman–Crippen LogP) is -0.761. The lowest BCUT2D eigenvalue weighted by atomic mass is 10.3. The number of hydrogen-bond acceptors (Lipinski definition) is 5. The van der Waals surface area contributed by atoms with Gasteiger partial charge < -0.3 is 19.3 Å². The molecule has 2 fully saturated rings. The number of aliphatic hydroxyl groups is 1. The van der Waals surface area contributed by atoms with Crippen molar-refractivity contribution in [3.8, 4) is 0 Å². The van der Waals surface area contributed by atoms with Crippen molar-refractivity contribution in [3.63, 3.8) is 0 Å². The molecule has 56 valence electrons. The summed E-state index contributed by atoms with van der Waals surface area (Å²) in [7, 11) is 0. The second kappa shape index (κ2) is 1.83. The molecule has 0 radical (unpaired) electrons. The fourth-order valence-electron chi connectivity index (χ4n) is 0.891. The number of epoxide rings is 1. The van der Waals surface area contributed by atoms with Crippen LogP contribution in [0.4, 0.5) is 4.79 Å². The highest BCUT2D eigenvalue weighted by Gasteiger charge is 2.49. The minimum absolute atomic E-state index is 0.181. The van der Waals surface area contributed by atoms with Gasteiger partial charge >= 0.3 is 6.16 Å². The number of carbonyl (C=O) groups is 1. The molecule has 3 unspecified atom stereocenters. The second-order valence-corrected chi connectivity index (χ2v) is 2.21.